The topological polar surface area (TPSA) is 38.0 Å². The van der Waals surface area contributed by atoms with E-state index in [0.29, 0.717) is 5.75 Å². The van der Waals surface area contributed by atoms with Crippen molar-refractivity contribution in [3.05, 3.63) is 65.2 Å². The molecule has 0 amide bonds. The number of nitrogens with one attached hydrogen (secondary N) is 1. The predicted molar refractivity (Wildman–Crippen MR) is 96.9 cm³/mol. The summed E-state index contributed by atoms with van der Waals surface area (Å²) in [4.78, 5) is 0. The highest BCUT2D eigenvalue weighted by Crippen LogP contribution is 2.14. The quantitative estimate of drug-likeness (QED) is 0.560. The van der Waals surface area contributed by atoms with Crippen LogP contribution in [0.4, 0.5) is 5.69 Å². The molecule has 0 aromatic heterocycles. The largest absolute Gasteiger partial charge is 0.383 e. The fourth-order valence-corrected chi connectivity index (χ4v) is 2.16. The summed E-state index contributed by atoms with van der Waals surface area (Å²) in [6, 6.07) is 16.8. The Morgan fingerprint density at radius 1 is 1.10 bits per heavy atom. The Kier molecular flexibility index (Phi) is 5.90. The Bertz CT molecular complexity index is 608. The van der Waals surface area contributed by atoms with Gasteiger partial charge in [-0.05, 0) is 30.2 Å². The van der Waals surface area contributed by atoms with E-state index >= 15 is 0 Å². The lowest BCUT2D eigenvalue weighted by Crippen LogP contribution is -2.30. The highest BCUT2D eigenvalue weighted by Gasteiger charge is 1.99. The summed E-state index contributed by atoms with van der Waals surface area (Å²) in [7, 11) is 0. The summed E-state index contributed by atoms with van der Waals surface area (Å²) >= 11 is 4.19. The SMILES string of the molecule is Cc1cccc(C=Cc2cccc(NC[C@@H](N)CS)c2)c1. The van der Waals surface area contributed by atoms with Gasteiger partial charge in [0.25, 0.3) is 0 Å². The molecular weight excluding hydrogens is 276 g/mol. The van der Waals surface area contributed by atoms with Gasteiger partial charge in [0.15, 0.2) is 0 Å². The van der Waals surface area contributed by atoms with Crippen molar-refractivity contribution in [1.29, 1.82) is 0 Å². The minimum Gasteiger partial charge on any atom is -0.383 e. The van der Waals surface area contributed by atoms with Crippen molar-refractivity contribution in [2.75, 3.05) is 17.6 Å². The first kappa shape index (κ1) is 15.7. The smallest absolute Gasteiger partial charge is 0.0346 e. The molecule has 2 nitrogen and oxygen atoms in total. The lowest BCUT2D eigenvalue weighted by Gasteiger charge is -2.11. The van der Waals surface area contributed by atoms with E-state index in [1.165, 1.54) is 16.7 Å². The highest BCUT2D eigenvalue weighted by molar-refractivity contribution is 7.80. The van der Waals surface area contributed by atoms with Gasteiger partial charge in [-0.1, -0.05) is 54.1 Å². The van der Waals surface area contributed by atoms with Crippen molar-refractivity contribution >= 4 is 30.5 Å². The van der Waals surface area contributed by atoms with Gasteiger partial charge in [-0.3, -0.25) is 0 Å². The molecule has 2 rings (SSSR count). The Labute approximate surface area is 132 Å². The van der Waals surface area contributed by atoms with Crippen LogP contribution in [0.2, 0.25) is 0 Å². The molecular formula is C18H22N2S. The lowest BCUT2D eigenvalue weighted by molar-refractivity contribution is 0.793. The molecule has 21 heavy (non-hydrogen) atoms. The molecule has 0 saturated heterocycles. The van der Waals surface area contributed by atoms with Gasteiger partial charge in [0.1, 0.15) is 0 Å². The molecule has 1 atom stereocenters. The molecule has 0 aliphatic carbocycles. The summed E-state index contributed by atoms with van der Waals surface area (Å²) in [6.45, 7) is 2.83. The highest BCUT2D eigenvalue weighted by atomic mass is 32.1. The predicted octanol–water partition coefficient (Wildman–Crippen LogP) is 3.83. The molecule has 0 fully saturated rings. The number of hydrogen-bond acceptors (Lipinski definition) is 3. The van der Waals surface area contributed by atoms with E-state index < -0.39 is 0 Å². The summed E-state index contributed by atoms with van der Waals surface area (Å²) in [5.41, 5.74) is 10.6. The van der Waals surface area contributed by atoms with Crippen molar-refractivity contribution in [2.24, 2.45) is 5.73 Å². The maximum Gasteiger partial charge on any atom is 0.0346 e. The monoisotopic (exact) mass is 298 g/mol. The lowest BCUT2D eigenvalue weighted by atomic mass is 10.1. The second-order valence-corrected chi connectivity index (χ2v) is 5.56. The first-order valence-electron chi connectivity index (χ1n) is 7.12. The summed E-state index contributed by atoms with van der Waals surface area (Å²) in [5.74, 6) is 0.681. The van der Waals surface area contributed by atoms with Gasteiger partial charge in [0.2, 0.25) is 0 Å². The first-order valence-corrected chi connectivity index (χ1v) is 7.76. The van der Waals surface area contributed by atoms with E-state index in [1.54, 1.807) is 0 Å². The zero-order valence-corrected chi connectivity index (χ0v) is 13.2. The van der Waals surface area contributed by atoms with Crippen LogP contribution in [0.5, 0.6) is 0 Å². The maximum absolute atomic E-state index is 5.85. The van der Waals surface area contributed by atoms with E-state index in [0.717, 1.165) is 12.2 Å². The number of anilines is 1. The van der Waals surface area contributed by atoms with E-state index in [4.69, 9.17) is 5.73 Å². The molecule has 0 saturated carbocycles. The van der Waals surface area contributed by atoms with E-state index in [2.05, 4.69) is 79.5 Å². The Hall–Kier alpha value is -1.71. The molecule has 0 heterocycles. The fourth-order valence-electron chi connectivity index (χ4n) is 2.03. The Morgan fingerprint density at radius 3 is 2.43 bits per heavy atom. The second kappa shape index (κ2) is 7.91. The van der Waals surface area contributed by atoms with E-state index in [-0.39, 0.29) is 6.04 Å². The molecule has 0 bridgehead atoms. The molecule has 2 aromatic carbocycles. The average molecular weight is 298 g/mol. The fraction of sp³-hybridized carbons (Fsp3) is 0.222. The van der Waals surface area contributed by atoms with Crippen LogP contribution in [0.15, 0.2) is 48.5 Å². The van der Waals surface area contributed by atoms with Crippen molar-refractivity contribution < 1.29 is 0 Å². The second-order valence-electron chi connectivity index (χ2n) is 5.20. The molecule has 2 aromatic rings. The van der Waals surface area contributed by atoms with Gasteiger partial charge in [0, 0.05) is 24.0 Å². The number of thiol groups is 1. The Balaban J connectivity index is 2.03. The van der Waals surface area contributed by atoms with Crippen LogP contribution in [-0.2, 0) is 0 Å². The van der Waals surface area contributed by atoms with Crippen molar-refractivity contribution in [3.63, 3.8) is 0 Å². The van der Waals surface area contributed by atoms with Crippen LogP contribution in [0.1, 0.15) is 16.7 Å². The van der Waals surface area contributed by atoms with Gasteiger partial charge in [-0.25, -0.2) is 0 Å². The van der Waals surface area contributed by atoms with Crippen LogP contribution < -0.4 is 11.1 Å². The molecule has 3 N–H and O–H groups in total. The van der Waals surface area contributed by atoms with Crippen LogP contribution >= 0.6 is 12.6 Å². The standard InChI is InChI=1S/C18H22N2S/c1-14-4-2-5-15(10-14)8-9-16-6-3-7-18(11-16)20-12-17(19)13-21/h2-11,17,20-21H,12-13,19H2,1H3/t17-/m1/s1. The van der Waals surface area contributed by atoms with Gasteiger partial charge >= 0.3 is 0 Å². The van der Waals surface area contributed by atoms with Crippen molar-refractivity contribution in [3.8, 4) is 0 Å². The summed E-state index contributed by atoms with van der Waals surface area (Å²) in [6.07, 6.45) is 4.25. The van der Waals surface area contributed by atoms with Crippen molar-refractivity contribution in [2.45, 2.75) is 13.0 Å². The number of nitrogens with two attached hydrogens (primary N) is 1. The molecule has 0 radical (unpaired) electrons. The number of aryl methyl sites for hydroxylation is 1. The minimum absolute atomic E-state index is 0.0693. The average Bonchev–Trinajstić information content (AvgIpc) is 2.51. The minimum atomic E-state index is 0.0693. The zero-order valence-electron chi connectivity index (χ0n) is 12.3. The molecule has 3 heteroatoms. The van der Waals surface area contributed by atoms with Gasteiger partial charge < -0.3 is 11.1 Å². The number of benzene rings is 2. The third-order valence-electron chi connectivity index (χ3n) is 3.20. The molecule has 0 aliphatic rings. The van der Waals surface area contributed by atoms with Crippen molar-refractivity contribution in [1.82, 2.24) is 0 Å². The van der Waals surface area contributed by atoms with Gasteiger partial charge in [-0.2, -0.15) is 12.6 Å². The van der Waals surface area contributed by atoms with Gasteiger partial charge in [-0.15, -0.1) is 0 Å². The molecule has 110 valence electrons. The molecule has 0 aliphatic heterocycles. The first-order chi connectivity index (χ1) is 10.2. The van der Waals surface area contributed by atoms with Crippen LogP contribution in [0.3, 0.4) is 0 Å². The molecule has 0 spiro atoms. The van der Waals surface area contributed by atoms with E-state index in [9.17, 15) is 0 Å². The van der Waals surface area contributed by atoms with Crippen LogP contribution in [-0.4, -0.2) is 18.3 Å². The van der Waals surface area contributed by atoms with E-state index in [1.807, 2.05) is 6.07 Å². The zero-order chi connectivity index (χ0) is 15.1. The van der Waals surface area contributed by atoms with Gasteiger partial charge in [0.05, 0.1) is 0 Å². The Morgan fingerprint density at radius 2 is 1.76 bits per heavy atom. The summed E-state index contributed by atoms with van der Waals surface area (Å²) < 4.78 is 0. The maximum atomic E-state index is 5.85. The third-order valence-corrected chi connectivity index (χ3v) is 3.67. The van der Waals surface area contributed by atoms with Crippen LogP contribution in [0, 0.1) is 6.92 Å². The third kappa shape index (κ3) is 5.29. The summed E-state index contributed by atoms with van der Waals surface area (Å²) in [5, 5.41) is 3.34. The number of hydrogen-bond donors (Lipinski definition) is 3. The van der Waals surface area contributed by atoms with Crippen LogP contribution in [0.25, 0.3) is 12.2 Å². The number of rotatable bonds is 6. The molecule has 0 unspecified atom stereocenters. The normalized spacial score (nSPS) is 12.5.